The van der Waals surface area contributed by atoms with E-state index in [2.05, 4.69) is 219 Å². The highest BCUT2D eigenvalue weighted by atomic mass is 16.3. The zero-order valence-electron chi connectivity index (χ0n) is 31.9. The Balaban J connectivity index is 1.19. The van der Waals surface area contributed by atoms with Gasteiger partial charge in [0, 0.05) is 27.7 Å². The summed E-state index contributed by atoms with van der Waals surface area (Å²) in [5, 5.41) is 4.56. The Morgan fingerprint density at radius 1 is 0.404 bits per heavy atom. The van der Waals surface area contributed by atoms with Gasteiger partial charge in [-0.1, -0.05) is 153 Å². The summed E-state index contributed by atoms with van der Waals surface area (Å²) in [6.45, 7) is 4.70. The second-order valence-corrected chi connectivity index (χ2v) is 15.7. The van der Waals surface area contributed by atoms with Gasteiger partial charge in [0.05, 0.1) is 11.1 Å². The summed E-state index contributed by atoms with van der Waals surface area (Å²) < 4.78 is 7.12. The molecule has 0 amide bonds. The van der Waals surface area contributed by atoms with Crippen molar-refractivity contribution in [3.05, 3.63) is 211 Å². The minimum Gasteiger partial charge on any atom is -0.455 e. The van der Waals surface area contributed by atoms with Gasteiger partial charge in [0.15, 0.2) is 0 Å². The highest BCUT2D eigenvalue weighted by Gasteiger charge is 2.36. The normalized spacial score (nSPS) is 12.9. The molecule has 0 fully saturated rings. The SMILES string of the molecule is CC1(C)c2ccccc2-c2ccc(N(c3ccccc3)c3cccc4oc5c(-c6cc(-c7ccccc7)cc(-c7ccccc7)c6)cc6ccccc6c5c34)cc21. The third kappa shape index (κ3) is 5.33. The van der Waals surface area contributed by atoms with Crippen LogP contribution in [0.5, 0.6) is 0 Å². The van der Waals surface area contributed by atoms with Gasteiger partial charge in [-0.25, -0.2) is 0 Å². The zero-order chi connectivity index (χ0) is 38.1. The van der Waals surface area contributed by atoms with E-state index >= 15 is 0 Å². The topological polar surface area (TPSA) is 16.4 Å². The van der Waals surface area contributed by atoms with Gasteiger partial charge >= 0.3 is 0 Å². The molecule has 0 spiro atoms. The van der Waals surface area contributed by atoms with Crippen LogP contribution in [-0.2, 0) is 5.41 Å². The first-order valence-electron chi connectivity index (χ1n) is 19.8. The number of rotatable bonds is 6. The van der Waals surface area contributed by atoms with E-state index in [4.69, 9.17) is 4.42 Å². The fourth-order valence-electron chi connectivity index (χ4n) is 9.26. The van der Waals surface area contributed by atoms with Crippen LogP contribution >= 0.6 is 0 Å². The third-order valence-electron chi connectivity index (χ3n) is 12.0. The lowest BCUT2D eigenvalue weighted by atomic mass is 9.82. The maximum atomic E-state index is 7.12. The monoisotopic (exact) mass is 729 g/mol. The van der Waals surface area contributed by atoms with Crippen molar-refractivity contribution < 1.29 is 4.42 Å². The van der Waals surface area contributed by atoms with Crippen LogP contribution in [0.25, 0.3) is 77.2 Å². The number of hydrogen-bond acceptors (Lipinski definition) is 2. The van der Waals surface area contributed by atoms with Crippen molar-refractivity contribution in [3.63, 3.8) is 0 Å². The molecule has 57 heavy (non-hydrogen) atoms. The lowest BCUT2D eigenvalue weighted by Gasteiger charge is -2.28. The van der Waals surface area contributed by atoms with E-state index in [9.17, 15) is 0 Å². The summed E-state index contributed by atoms with van der Waals surface area (Å²) in [4.78, 5) is 2.42. The fourth-order valence-corrected chi connectivity index (χ4v) is 9.26. The maximum absolute atomic E-state index is 7.12. The molecule has 10 aromatic rings. The van der Waals surface area contributed by atoms with Gasteiger partial charge in [0.1, 0.15) is 11.2 Å². The largest absolute Gasteiger partial charge is 0.455 e. The van der Waals surface area contributed by atoms with Gasteiger partial charge < -0.3 is 9.32 Å². The molecular weight excluding hydrogens is 691 g/mol. The number of para-hydroxylation sites is 1. The second kappa shape index (κ2) is 13.0. The third-order valence-corrected chi connectivity index (χ3v) is 12.0. The number of anilines is 3. The van der Waals surface area contributed by atoms with Gasteiger partial charge in [-0.15, -0.1) is 0 Å². The van der Waals surface area contributed by atoms with Crippen LogP contribution < -0.4 is 4.90 Å². The Labute approximate surface area is 332 Å². The van der Waals surface area contributed by atoms with Crippen LogP contribution in [-0.4, -0.2) is 0 Å². The van der Waals surface area contributed by atoms with Crippen LogP contribution in [0.1, 0.15) is 25.0 Å². The van der Waals surface area contributed by atoms with Crippen molar-refractivity contribution >= 4 is 49.8 Å². The molecule has 2 heteroatoms. The highest BCUT2D eigenvalue weighted by molar-refractivity contribution is 6.26. The van der Waals surface area contributed by atoms with Crippen molar-refractivity contribution in [3.8, 4) is 44.5 Å². The Kier molecular flexibility index (Phi) is 7.55. The minimum atomic E-state index is -0.128. The molecule has 2 nitrogen and oxygen atoms in total. The number of benzene rings is 9. The van der Waals surface area contributed by atoms with E-state index in [1.54, 1.807) is 0 Å². The van der Waals surface area contributed by atoms with Crippen molar-refractivity contribution in [1.29, 1.82) is 0 Å². The number of hydrogen-bond donors (Lipinski definition) is 0. The number of fused-ring (bicyclic) bond motifs is 8. The Morgan fingerprint density at radius 3 is 1.75 bits per heavy atom. The molecule has 0 saturated carbocycles. The van der Waals surface area contributed by atoms with Crippen molar-refractivity contribution in [2.45, 2.75) is 19.3 Å². The maximum Gasteiger partial charge on any atom is 0.143 e. The number of furan rings is 1. The van der Waals surface area contributed by atoms with E-state index in [1.165, 1.54) is 55.3 Å². The van der Waals surface area contributed by atoms with E-state index < -0.39 is 0 Å². The summed E-state index contributed by atoms with van der Waals surface area (Å²) in [6.07, 6.45) is 0. The highest BCUT2D eigenvalue weighted by Crippen LogP contribution is 2.52. The average molecular weight is 730 g/mol. The molecule has 1 aromatic heterocycles. The van der Waals surface area contributed by atoms with Crippen LogP contribution in [0.4, 0.5) is 17.1 Å². The molecule has 0 radical (unpaired) electrons. The van der Waals surface area contributed by atoms with Gasteiger partial charge in [-0.2, -0.15) is 0 Å². The van der Waals surface area contributed by atoms with Crippen LogP contribution in [0.15, 0.2) is 205 Å². The molecule has 11 rings (SSSR count). The van der Waals surface area contributed by atoms with Crippen LogP contribution in [0, 0.1) is 0 Å². The summed E-state index contributed by atoms with van der Waals surface area (Å²) in [5.74, 6) is 0. The molecule has 270 valence electrons. The average Bonchev–Trinajstić information content (AvgIpc) is 3.78. The molecule has 1 aliphatic rings. The Bertz CT molecular complexity index is 3080. The van der Waals surface area contributed by atoms with Crippen LogP contribution in [0.2, 0.25) is 0 Å². The standard InChI is InChI=1S/C55H39NO/c1-55(2)48-26-15-14-25-45(48)46-30-29-43(35-49(46)55)56(42-22-10-5-11-23-42)50-27-16-28-51-53(50)52-44-24-13-12-21-38(44)34-47(54(52)57-51)41-32-39(36-17-6-3-7-18-36)31-40(33-41)37-19-8-4-9-20-37/h3-35H,1-2H3. The summed E-state index contributed by atoms with van der Waals surface area (Å²) in [5.41, 5.74) is 17.1. The molecule has 1 aliphatic carbocycles. The van der Waals surface area contributed by atoms with E-state index in [1.807, 2.05) is 0 Å². The number of nitrogens with zero attached hydrogens (tertiary/aromatic N) is 1. The quantitative estimate of drug-likeness (QED) is 0.169. The predicted molar refractivity (Wildman–Crippen MR) is 240 cm³/mol. The molecule has 0 unspecified atom stereocenters. The van der Waals surface area contributed by atoms with E-state index in [-0.39, 0.29) is 5.41 Å². The summed E-state index contributed by atoms with van der Waals surface area (Å²) in [6, 6.07) is 72.5. The fraction of sp³-hybridized carbons (Fsp3) is 0.0545. The molecule has 1 heterocycles. The molecule has 0 saturated heterocycles. The van der Waals surface area contributed by atoms with Crippen molar-refractivity contribution in [2.24, 2.45) is 0 Å². The first-order valence-corrected chi connectivity index (χ1v) is 19.8. The lowest BCUT2D eigenvalue weighted by molar-refractivity contribution is 0.660. The molecule has 9 aromatic carbocycles. The zero-order valence-corrected chi connectivity index (χ0v) is 31.9. The Morgan fingerprint density at radius 2 is 1.02 bits per heavy atom. The molecule has 0 aliphatic heterocycles. The Hall–Kier alpha value is -7.16. The first kappa shape index (κ1) is 33.2. The van der Waals surface area contributed by atoms with Gasteiger partial charge in [-0.3, -0.25) is 0 Å². The van der Waals surface area contributed by atoms with Gasteiger partial charge in [0.2, 0.25) is 0 Å². The van der Waals surface area contributed by atoms with Gasteiger partial charge in [0.25, 0.3) is 0 Å². The second-order valence-electron chi connectivity index (χ2n) is 15.7. The summed E-state index contributed by atoms with van der Waals surface area (Å²) in [7, 11) is 0. The molecule has 0 N–H and O–H groups in total. The van der Waals surface area contributed by atoms with Crippen molar-refractivity contribution in [2.75, 3.05) is 4.90 Å². The predicted octanol–water partition coefficient (Wildman–Crippen LogP) is 15.5. The summed E-state index contributed by atoms with van der Waals surface area (Å²) >= 11 is 0. The van der Waals surface area contributed by atoms with Crippen LogP contribution in [0.3, 0.4) is 0 Å². The molecule has 0 atom stereocenters. The smallest absolute Gasteiger partial charge is 0.143 e. The van der Waals surface area contributed by atoms with E-state index in [0.717, 1.165) is 50.1 Å². The first-order chi connectivity index (χ1) is 28.0. The molecule has 0 bridgehead atoms. The minimum absolute atomic E-state index is 0.128. The molecular formula is C55H39NO. The van der Waals surface area contributed by atoms with Crippen molar-refractivity contribution in [1.82, 2.24) is 0 Å². The van der Waals surface area contributed by atoms with E-state index in [0.29, 0.717) is 0 Å². The van der Waals surface area contributed by atoms with Gasteiger partial charge in [-0.05, 0) is 122 Å². The lowest BCUT2D eigenvalue weighted by Crippen LogP contribution is -2.16.